The maximum absolute atomic E-state index is 13.9. The Hall–Kier alpha value is -2.89. The Balaban J connectivity index is 1.36. The van der Waals surface area contributed by atoms with Gasteiger partial charge in [0, 0.05) is 56.9 Å². The van der Waals surface area contributed by atoms with Gasteiger partial charge in [-0.3, -0.25) is 9.59 Å². The number of hydrogen-bond acceptors (Lipinski definition) is 6. The van der Waals surface area contributed by atoms with Gasteiger partial charge in [0.15, 0.2) is 0 Å². The van der Waals surface area contributed by atoms with E-state index in [-0.39, 0.29) is 25.4 Å². The first kappa shape index (κ1) is 24.8. The molecule has 1 saturated heterocycles. The third-order valence-corrected chi connectivity index (χ3v) is 7.33. The van der Waals surface area contributed by atoms with Crippen LogP contribution in [0.1, 0.15) is 70.5 Å². The van der Waals surface area contributed by atoms with Gasteiger partial charge in [-0.2, -0.15) is 0 Å². The molecule has 2 aromatic rings. The van der Waals surface area contributed by atoms with Crippen molar-refractivity contribution in [3.8, 4) is 0 Å². The molecule has 196 valence electrons. The third-order valence-electron chi connectivity index (χ3n) is 7.33. The van der Waals surface area contributed by atoms with Crippen LogP contribution in [0.4, 0.5) is 8.78 Å². The van der Waals surface area contributed by atoms with Crippen molar-refractivity contribution in [2.24, 2.45) is 5.41 Å². The number of carbonyl (C=O) groups is 2. The average Bonchev–Trinajstić information content (AvgIpc) is 3.10. The highest BCUT2D eigenvalue weighted by molar-refractivity contribution is 5.90. The van der Waals surface area contributed by atoms with E-state index in [1.54, 1.807) is 27.8 Å². The number of halogens is 2. The van der Waals surface area contributed by atoms with Gasteiger partial charge < -0.3 is 19.9 Å². The summed E-state index contributed by atoms with van der Waals surface area (Å²) in [6, 6.07) is -1.72. The van der Waals surface area contributed by atoms with E-state index in [9.17, 15) is 23.5 Å². The predicted molar refractivity (Wildman–Crippen MR) is 124 cm³/mol. The molecule has 2 aromatic heterocycles. The second-order valence-electron chi connectivity index (χ2n) is 11.8. The number of amides is 2. The number of hydrogen-bond donors (Lipinski definition) is 2. The summed E-state index contributed by atoms with van der Waals surface area (Å²) in [7, 11) is 0. The SMILES string of the molecule is CC(C)(C)[C@@H](C(=O)N1CC(O)CC1C(=O)NC1(Cn2ccnc2)CC(F)(F)C1)n1cc(C2CC2)nn1. The van der Waals surface area contributed by atoms with E-state index in [0.29, 0.717) is 5.92 Å². The fourth-order valence-corrected chi connectivity index (χ4v) is 5.58. The van der Waals surface area contributed by atoms with Gasteiger partial charge in [0.1, 0.15) is 12.1 Å². The van der Waals surface area contributed by atoms with Crippen LogP contribution in [0.5, 0.6) is 0 Å². The molecule has 1 aliphatic heterocycles. The Labute approximate surface area is 208 Å². The fraction of sp³-hybridized carbons (Fsp3) is 0.708. The summed E-state index contributed by atoms with van der Waals surface area (Å²) in [6.07, 6.45) is 6.76. The van der Waals surface area contributed by atoms with E-state index in [2.05, 4.69) is 20.6 Å². The van der Waals surface area contributed by atoms with Crippen molar-refractivity contribution < 1.29 is 23.5 Å². The van der Waals surface area contributed by atoms with Crippen molar-refractivity contribution in [3.63, 3.8) is 0 Å². The maximum atomic E-state index is 13.9. The minimum absolute atomic E-state index is 0.0155. The number of aliphatic hydroxyl groups is 1. The highest BCUT2D eigenvalue weighted by Crippen LogP contribution is 2.47. The van der Waals surface area contributed by atoms with Crippen LogP contribution in [0.15, 0.2) is 24.9 Å². The number of imidazole rings is 1. The molecule has 5 rings (SSSR count). The molecule has 2 aliphatic carbocycles. The second-order valence-corrected chi connectivity index (χ2v) is 11.8. The normalized spacial score (nSPS) is 25.9. The molecule has 3 aliphatic rings. The molecule has 36 heavy (non-hydrogen) atoms. The summed E-state index contributed by atoms with van der Waals surface area (Å²) in [6.45, 7) is 5.86. The number of alkyl halides is 2. The van der Waals surface area contributed by atoms with Crippen LogP contribution in [-0.4, -0.2) is 76.5 Å². The smallest absolute Gasteiger partial charge is 0.252 e. The first-order valence-electron chi connectivity index (χ1n) is 12.4. The van der Waals surface area contributed by atoms with Crippen LogP contribution >= 0.6 is 0 Å². The lowest BCUT2D eigenvalue weighted by molar-refractivity contribution is -0.156. The highest BCUT2D eigenvalue weighted by Gasteiger charge is 2.58. The van der Waals surface area contributed by atoms with Crippen molar-refractivity contribution in [2.75, 3.05) is 6.54 Å². The first-order valence-corrected chi connectivity index (χ1v) is 12.4. The monoisotopic (exact) mass is 505 g/mol. The average molecular weight is 506 g/mol. The van der Waals surface area contributed by atoms with Crippen molar-refractivity contribution in [3.05, 3.63) is 30.6 Å². The molecule has 3 atom stereocenters. The number of nitrogens with zero attached hydrogens (tertiary/aromatic N) is 6. The van der Waals surface area contributed by atoms with Gasteiger partial charge in [0.05, 0.1) is 23.7 Å². The zero-order valence-corrected chi connectivity index (χ0v) is 20.8. The number of aromatic nitrogens is 5. The molecule has 0 bridgehead atoms. The predicted octanol–water partition coefficient (Wildman–Crippen LogP) is 1.89. The molecule has 3 fully saturated rings. The molecule has 2 amide bonds. The zero-order valence-electron chi connectivity index (χ0n) is 20.8. The van der Waals surface area contributed by atoms with E-state index < -0.39 is 53.8 Å². The molecule has 0 aromatic carbocycles. The summed E-state index contributed by atoms with van der Waals surface area (Å²) in [5.41, 5.74) is -0.864. The Morgan fingerprint density at radius 3 is 2.58 bits per heavy atom. The lowest BCUT2D eigenvalue weighted by Crippen LogP contribution is -2.66. The summed E-state index contributed by atoms with van der Waals surface area (Å²) in [5.74, 6) is -3.40. The van der Waals surface area contributed by atoms with Crippen LogP contribution in [0, 0.1) is 5.41 Å². The molecule has 0 spiro atoms. The van der Waals surface area contributed by atoms with Gasteiger partial charge in [0.2, 0.25) is 11.8 Å². The standard InChI is InChI=1S/C24H33F2N7O3/c1-22(2,3)19(33-10-17(29-30-33)15-4-5-15)21(36)32-9-16(34)8-18(32)20(35)28-23(11-24(25,26)12-23)13-31-7-6-27-14-31/h6-7,10,14-16,18-19,34H,4-5,8-9,11-13H2,1-3H3,(H,28,35)/t16?,18?,19-/m1/s1. The molecule has 2 N–H and O–H groups in total. The van der Waals surface area contributed by atoms with Crippen LogP contribution in [-0.2, 0) is 16.1 Å². The highest BCUT2D eigenvalue weighted by atomic mass is 19.3. The van der Waals surface area contributed by atoms with Crippen LogP contribution in [0.2, 0.25) is 0 Å². The number of carbonyl (C=O) groups excluding carboxylic acids is 2. The molecule has 10 nitrogen and oxygen atoms in total. The van der Waals surface area contributed by atoms with E-state index in [0.717, 1.165) is 18.5 Å². The molecule has 0 radical (unpaired) electrons. The van der Waals surface area contributed by atoms with E-state index in [1.807, 2.05) is 20.8 Å². The Kier molecular flexibility index (Phi) is 5.92. The lowest BCUT2D eigenvalue weighted by Gasteiger charge is -2.48. The molecule has 3 heterocycles. The lowest BCUT2D eigenvalue weighted by atomic mass is 9.73. The van der Waals surface area contributed by atoms with Crippen LogP contribution < -0.4 is 5.32 Å². The maximum Gasteiger partial charge on any atom is 0.252 e. The van der Waals surface area contributed by atoms with Crippen LogP contribution in [0.3, 0.4) is 0 Å². The number of likely N-dealkylation sites (tertiary alicyclic amines) is 1. The van der Waals surface area contributed by atoms with Crippen molar-refractivity contribution in [2.45, 2.75) is 95.0 Å². The second kappa shape index (κ2) is 8.60. The van der Waals surface area contributed by atoms with E-state index in [4.69, 9.17) is 0 Å². The Morgan fingerprint density at radius 2 is 2.00 bits per heavy atom. The van der Waals surface area contributed by atoms with Gasteiger partial charge in [-0.15, -0.1) is 5.10 Å². The van der Waals surface area contributed by atoms with Gasteiger partial charge in [0.25, 0.3) is 5.92 Å². The topological polar surface area (TPSA) is 118 Å². The number of nitrogens with one attached hydrogen (secondary N) is 1. The number of aliphatic hydroxyl groups excluding tert-OH is 1. The Morgan fingerprint density at radius 1 is 1.28 bits per heavy atom. The van der Waals surface area contributed by atoms with E-state index in [1.165, 1.54) is 11.2 Å². The third kappa shape index (κ3) is 4.87. The Bertz CT molecular complexity index is 1120. The van der Waals surface area contributed by atoms with Crippen molar-refractivity contribution in [1.29, 1.82) is 0 Å². The zero-order chi connectivity index (χ0) is 25.9. The van der Waals surface area contributed by atoms with Gasteiger partial charge in [-0.1, -0.05) is 26.0 Å². The molecule has 12 heteroatoms. The van der Waals surface area contributed by atoms with Gasteiger partial charge in [-0.05, 0) is 18.3 Å². The quantitative estimate of drug-likeness (QED) is 0.593. The molecular weight excluding hydrogens is 472 g/mol. The largest absolute Gasteiger partial charge is 0.391 e. The fourth-order valence-electron chi connectivity index (χ4n) is 5.58. The van der Waals surface area contributed by atoms with Crippen molar-refractivity contribution in [1.82, 2.24) is 34.8 Å². The number of β-amino-alcohol motifs (C(OH)–C–C–N with tert-alkyl or cyclic N) is 1. The first-order chi connectivity index (χ1) is 16.9. The summed E-state index contributed by atoms with van der Waals surface area (Å²) in [4.78, 5) is 32.6. The van der Waals surface area contributed by atoms with Crippen LogP contribution in [0.25, 0.3) is 0 Å². The number of rotatable bonds is 7. The van der Waals surface area contributed by atoms with E-state index >= 15 is 0 Å². The van der Waals surface area contributed by atoms with Crippen molar-refractivity contribution >= 4 is 11.8 Å². The molecule has 2 saturated carbocycles. The molecule has 2 unspecified atom stereocenters. The summed E-state index contributed by atoms with van der Waals surface area (Å²) >= 11 is 0. The van der Waals surface area contributed by atoms with Gasteiger partial charge >= 0.3 is 0 Å². The minimum Gasteiger partial charge on any atom is -0.391 e. The minimum atomic E-state index is -2.87. The van der Waals surface area contributed by atoms with Gasteiger partial charge in [-0.25, -0.2) is 18.4 Å². The summed E-state index contributed by atoms with van der Waals surface area (Å²) < 4.78 is 31.1. The summed E-state index contributed by atoms with van der Waals surface area (Å²) in [5, 5.41) is 21.7. The molecular formula is C24H33F2N7O3.